The summed E-state index contributed by atoms with van der Waals surface area (Å²) < 4.78 is 17.6. The van der Waals surface area contributed by atoms with Crippen molar-refractivity contribution in [2.24, 2.45) is 5.73 Å². The molecular formula is C7H7FN2O. The Morgan fingerprint density at radius 2 is 2.36 bits per heavy atom. The Kier molecular flexibility index (Phi) is 1.22. The number of benzene rings is 1. The van der Waals surface area contributed by atoms with E-state index >= 15 is 0 Å². The molecule has 1 aliphatic heterocycles. The number of hydrogen-bond acceptors (Lipinski definition) is 3. The van der Waals surface area contributed by atoms with E-state index in [9.17, 15) is 4.39 Å². The molecule has 2 rings (SSSR count). The van der Waals surface area contributed by atoms with E-state index in [0.29, 0.717) is 11.4 Å². The molecular weight excluding hydrogens is 147 g/mol. The van der Waals surface area contributed by atoms with Crippen LogP contribution in [0.1, 0.15) is 0 Å². The number of rotatable bonds is 0. The van der Waals surface area contributed by atoms with Crippen LogP contribution in [0.3, 0.4) is 0 Å². The largest absolute Gasteiger partial charge is 0.456 e. The van der Waals surface area contributed by atoms with Crippen LogP contribution >= 0.6 is 0 Å². The lowest BCUT2D eigenvalue weighted by Gasteiger charge is -2.00. The lowest BCUT2D eigenvalue weighted by atomic mass is 10.3. The third kappa shape index (κ3) is 1.01. The van der Waals surface area contributed by atoms with Crippen molar-refractivity contribution in [1.82, 2.24) is 0 Å². The molecule has 11 heavy (non-hydrogen) atoms. The average Bonchev–Trinajstić information content (AvgIpc) is 2.27. The molecule has 1 aromatic rings. The summed E-state index contributed by atoms with van der Waals surface area (Å²) in [6.07, 6.45) is -0.549. The topological polar surface area (TPSA) is 47.3 Å². The van der Waals surface area contributed by atoms with Gasteiger partial charge in [0.25, 0.3) is 0 Å². The van der Waals surface area contributed by atoms with Gasteiger partial charge in [0.05, 0.1) is 5.69 Å². The zero-order valence-corrected chi connectivity index (χ0v) is 5.67. The molecule has 0 bridgehead atoms. The minimum absolute atomic E-state index is 0.297. The first kappa shape index (κ1) is 6.42. The Morgan fingerprint density at radius 1 is 1.55 bits per heavy atom. The fraction of sp³-hybridized carbons (Fsp3) is 0.143. The first-order valence-corrected chi connectivity index (χ1v) is 3.24. The molecule has 1 unspecified atom stereocenters. The summed E-state index contributed by atoms with van der Waals surface area (Å²) in [5.41, 5.74) is 5.99. The first-order valence-electron chi connectivity index (χ1n) is 3.24. The summed E-state index contributed by atoms with van der Waals surface area (Å²) in [6, 6.07) is 4.23. The van der Waals surface area contributed by atoms with Crippen LogP contribution in [-0.2, 0) is 0 Å². The fourth-order valence-corrected chi connectivity index (χ4v) is 1.04. The van der Waals surface area contributed by atoms with Gasteiger partial charge in [-0.1, -0.05) is 0 Å². The molecule has 58 valence electrons. The smallest absolute Gasteiger partial charge is 0.225 e. The highest BCUT2D eigenvalue weighted by Crippen LogP contribution is 2.30. The SMILES string of the molecule is NC1Nc2cc(F)ccc2O1. The van der Waals surface area contributed by atoms with Gasteiger partial charge in [0.1, 0.15) is 11.6 Å². The predicted molar refractivity (Wildman–Crippen MR) is 38.6 cm³/mol. The standard InChI is InChI=1S/C7H7FN2O/c8-4-1-2-6-5(3-4)10-7(9)11-6/h1-3,7,10H,9H2. The maximum absolute atomic E-state index is 12.6. The van der Waals surface area contributed by atoms with Crippen molar-refractivity contribution >= 4 is 5.69 Å². The molecule has 3 nitrogen and oxygen atoms in total. The van der Waals surface area contributed by atoms with E-state index in [1.54, 1.807) is 6.07 Å². The lowest BCUT2D eigenvalue weighted by Crippen LogP contribution is -2.30. The zero-order chi connectivity index (χ0) is 7.84. The molecule has 3 N–H and O–H groups in total. The van der Waals surface area contributed by atoms with Crippen molar-refractivity contribution in [2.45, 2.75) is 6.35 Å². The molecule has 1 atom stereocenters. The van der Waals surface area contributed by atoms with Gasteiger partial charge in [-0.15, -0.1) is 0 Å². The number of anilines is 1. The monoisotopic (exact) mass is 154 g/mol. The van der Waals surface area contributed by atoms with Crippen molar-refractivity contribution in [1.29, 1.82) is 0 Å². The van der Waals surface area contributed by atoms with Crippen LogP contribution in [0.15, 0.2) is 18.2 Å². The molecule has 1 aromatic carbocycles. The normalized spacial score (nSPS) is 20.4. The average molecular weight is 154 g/mol. The van der Waals surface area contributed by atoms with Gasteiger partial charge >= 0.3 is 0 Å². The number of nitrogens with one attached hydrogen (secondary N) is 1. The van der Waals surface area contributed by atoms with Gasteiger partial charge in [-0.3, -0.25) is 5.73 Å². The third-order valence-corrected chi connectivity index (χ3v) is 1.49. The molecule has 0 aromatic heterocycles. The number of halogens is 1. The summed E-state index contributed by atoms with van der Waals surface area (Å²) in [7, 11) is 0. The number of fused-ring (bicyclic) bond motifs is 1. The van der Waals surface area contributed by atoms with Crippen LogP contribution in [-0.4, -0.2) is 6.35 Å². The van der Waals surface area contributed by atoms with Gasteiger partial charge in [-0.2, -0.15) is 0 Å². The predicted octanol–water partition coefficient (Wildman–Crippen LogP) is 0.872. The van der Waals surface area contributed by atoms with Gasteiger partial charge in [-0.05, 0) is 12.1 Å². The molecule has 1 heterocycles. The molecule has 0 fully saturated rings. The summed E-state index contributed by atoms with van der Waals surface area (Å²) in [6.45, 7) is 0. The van der Waals surface area contributed by atoms with Crippen molar-refractivity contribution in [3.63, 3.8) is 0 Å². The van der Waals surface area contributed by atoms with Crippen molar-refractivity contribution in [3.8, 4) is 5.75 Å². The first-order chi connectivity index (χ1) is 5.25. The van der Waals surface area contributed by atoms with Crippen molar-refractivity contribution in [2.75, 3.05) is 5.32 Å². The van der Waals surface area contributed by atoms with E-state index in [-0.39, 0.29) is 5.82 Å². The molecule has 4 heteroatoms. The quantitative estimate of drug-likeness (QED) is 0.583. The van der Waals surface area contributed by atoms with Crippen LogP contribution in [0.5, 0.6) is 5.75 Å². The molecule has 0 aliphatic carbocycles. The third-order valence-electron chi connectivity index (χ3n) is 1.49. The van der Waals surface area contributed by atoms with Crippen LogP contribution in [0.2, 0.25) is 0 Å². The highest BCUT2D eigenvalue weighted by Gasteiger charge is 2.17. The fourth-order valence-electron chi connectivity index (χ4n) is 1.04. The number of ether oxygens (including phenoxy) is 1. The Balaban J connectivity index is 2.43. The number of nitrogens with two attached hydrogens (primary N) is 1. The molecule has 0 saturated carbocycles. The molecule has 1 aliphatic rings. The summed E-state index contributed by atoms with van der Waals surface area (Å²) in [5.74, 6) is 0.299. The van der Waals surface area contributed by atoms with E-state index in [1.807, 2.05) is 0 Å². The maximum atomic E-state index is 12.6. The van der Waals surface area contributed by atoms with Crippen LogP contribution in [0, 0.1) is 5.82 Å². The summed E-state index contributed by atoms with van der Waals surface area (Å²) >= 11 is 0. The molecule has 0 spiro atoms. The lowest BCUT2D eigenvalue weighted by molar-refractivity contribution is 0.262. The second-order valence-electron chi connectivity index (χ2n) is 2.32. The van der Waals surface area contributed by atoms with Crippen LogP contribution < -0.4 is 15.8 Å². The maximum Gasteiger partial charge on any atom is 0.225 e. The van der Waals surface area contributed by atoms with Gasteiger partial charge < -0.3 is 10.1 Å². The van der Waals surface area contributed by atoms with E-state index in [4.69, 9.17) is 10.5 Å². The van der Waals surface area contributed by atoms with Crippen molar-refractivity contribution < 1.29 is 9.13 Å². The van der Waals surface area contributed by atoms with Crippen LogP contribution in [0.4, 0.5) is 10.1 Å². The second kappa shape index (κ2) is 2.10. The minimum atomic E-state index is -0.549. The van der Waals surface area contributed by atoms with Gasteiger partial charge in [0.2, 0.25) is 6.35 Å². The molecule has 0 radical (unpaired) electrons. The van der Waals surface area contributed by atoms with Crippen molar-refractivity contribution in [3.05, 3.63) is 24.0 Å². The van der Waals surface area contributed by atoms with Crippen LogP contribution in [0.25, 0.3) is 0 Å². The highest BCUT2D eigenvalue weighted by molar-refractivity contribution is 5.59. The summed E-state index contributed by atoms with van der Waals surface area (Å²) in [4.78, 5) is 0. The highest BCUT2D eigenvalue weighted by atomic mass is 19.1. The van der Waals surface area contributed by atoms with E-state index < -0.39 is 6.35 Å². The Bertz CT molecular complexity index is 290. The molecule has 0 amide bonds. The Labute approximate surface area is 63.0 Å². The van der Waals surface area contributed by atoms with E-state index in [1.165, 1.54) is 12.1 Å². The zero-order valence-electron chi connectivity index (χ0n) is 5.67. The minimum Gasteiger partial charge on any atom is -0.456 e. The Hall–Kier alpha value is -1.29. The summed E-state index contributed by atoms with van der Waals surface area (Å²) in [5, 5.41) is 2.75. The van der Waals surface area contributed by atoms with E-state index in [0.717, 1.165) is 0 Å². The number of hydrogen-bond donors (Lipinski definition) is 2. The second-order valence-corrected chi connectivity index (χ2v) is 2.32. The van der Waals surface area contributed by atoms with Gasteiger partial charge in [-0.25, -0.2) is 4.39 Å². The van der Waals surface area contributed by atoms with Gasteiger partial charge in [0.15, 0.2) is 0 Å². The molecule has 0 saturated heterocycles. The Morgan fingerprint density at radius 3 is 3.18 bits per heavy atom. The van der Waals surface area contributed by atoms with Gasteiger partial charge in [0, 0.05) is 6.07 Å². The van der Waals surface area contributed by atoms with E-state index in [2.05, 4.69) is 5.32 Å².